The van der Waals surface area contributed by atoms with Crippen molar-refractivity contribution in [2.24, 2.45) is 5.92 Å². The highest BCUT2D eigenvalue weighted by Crippen LogP contribution is 2.31. The summed E-state index contributed by atoms with van der Waals surface area (Å²) in [6.07, 6.45) is 3.17. The number of benzene rings is 1. The summed E-state index contributed by atoms with van der Waals surface area (Å²) in [6.45, 7) is 2.45. The van der Waals surface area contributed by atoms with Crippen molar-refractivity contribution in [1.82, 2.24) is 14.6 Å². The Kier molecular flexibility index (Phi) is 6.94. The molecule has 0 bridgehead atoms. The predicted octanol–water partition coefficient (Wildman–Crippen LogP) is 2.05. The van der Waals surface area contributed by atoms with Crippen molar-refractivity contribution in [2.45, 2.75) is 43.2 Å². The third kappa shape index (κ3) is 5.17. The highest BCUT2D eigenvalue weighted by molar-refractivity contribution is 7.89. The van der Waals surface area contributed by atoms with Crippen LogP contribution >= 0.6 is 0 Å². The zero-order valence-corrected chi connectivity index (χ0v) is 19.2. The average molecular weight is 474 g/mol. The van der Waals surface area contributed by atoms with Gasteiger partial charge in [0, 0.05) is 37.5 Å². The normalized spacial score (nSPS) is 20.2. The lowest BCUT2D eigenvalue weighted by molar-refractivity contribution is -0.160. The fraction of sp³-hybridized carbons (Fsp3) is 0.435. The molecule has 1 aromatic heterocycles. The first kappa shape index (κ1) is 23.2. The van der Waals surface area contributed by atoms with E-state index in [0.717, 1.165) is 11.3 Å². The van der Waals surface area contributed by atoms with Crippen LogP contribution in [0.1, 0.15) is 37.8 Å². The number of para-hydroxylation sites is 1. The van der Waals surface area contributed by atoms with Gasteiger partial charge in [-0.3, -0.25) is 14.6 Å². The second kappa shape index (κ2) is 9.88. The fourth-order valence-corrected chi connectivity index (χ4v) is 5.52. The second-order valence-electron chi connectivity index (χ2n) is 8.18. The first-order valence-corrected chi connectivity index (χ1v) is 12.4. The molecule has 4 rings (SSSR count). The minimum absolute atomic E-state index is 0.131. The number of amides is 1. The van der Waals surface area contributed by atoms with E-state index < -0.39 is 28.0 Å². The summed E-state index contributed by atoms with van der Waals surface area (Å²) in [7, 11) is -3.64. The summed E-state index contributed by atoms with van der Waals surface area (Å²) in [5.74, 6) is -0.568. The van der Waals surface area contributed by atoms with Crippen LogP contribution in [0.5, 0.6) is 5.75 Å². The molecule has 0 aliphatic carbocycles. The Labute approximate surface area is 193 Å². The lowest BCUT2D eigenvalue weighted by Crippen LogP contribution is -2.43. The first-order valence-electron chi connectivity index (χ1n) is 11.0. The largest absolute Gasteiger partial charge is 0.493 e. The molecular weight excluding hydrogens is 446 g/mol. The van der Waals surface area contributed by atoms with Gasteiger partial charge in [0.05, 0.1) is 18.6 Å². The molecule has 10 heteroatoms. The molecule has 3 heterocycles. The van der Waals surface area contributed by atoms with E-state index >= 15 is 0 Å². The number of sulfonamides is 1. The van der Waals surface area contributed by atoms with E-state index in [9.17, 15) is 18.0 Å². The molecule has 0 radical (unpaired) electrons. The first-order chi connectivity index (χ1) is 15.9. The second-order valence-corrected chi connectivity index (χ2v) is 10.1. The molecule has 2 aromatic rings. The number of pyridine rings is 1. The molecule has 2 aliphatic heterocycles. The molecule has 33 heavy (non-hydrogen) atoms. The number of rotatable bonds is 6. The number of hydrogen-bond donors (Lipinski definition) is 1. The van der Waals surface area contributed by atoms with Crippen LogP contribution in [0.25, 0.3) is 0 Å². The van der Waals surface area contributed by atoms with E-state index in [0.29, 0.717) is 25.9 Å². The molecular formula is C23H27N3O6S. The summed E-state index contributed by atoms with van der Waals surface area (Å²) in [5, 5.41) is 2.94. The number of hydrogen-bond acceptors (Lipinski definition) is 7. The topological polar surface area (TPSA) is 115 Å². The lowest BCUT2D eigenvalue weighted by Gasteiger charge is -2.31. The van der Waals surface area contributed by atoms with Crippen LogP contribution in [0.3, 0.4) is 0 Å². The summed E-state index contributed by atoms with van der Waals surface area (Å²) >= 11 is 0. The van der Waals surface area contributed by atoms with Crippen molar-refractivity contribution in [3.8, 4) is 5.75 Å². The van der Waals surface area contributed by atoms with Gasteiger partial charge in [-0.05, 0) is 38.0 Å². The lowest BCUT2D eigenvalue weighted by atomic mass is 9.98. The summed E-state index contributed by atoms with van der Waals surface area (Å²) in [6, 6.07) is 10.4. The molecule has 1 fully saturated rings. The van der Waals surface area contributed by atoms with Crippen LogP contribution in [-0.2, 0) is 24.3 Å². The van der Waals surface area contributed by atoms with Crippen molar-refractivity contribution in [1.29, 1.82) is 0 Å². The predicted molar refractivity (Wildman–Crippen MR) is 119 cm³/mol. The molecule has 1 N–H and O–H groups in total. The molecule has 2 aliphatic rings. The number of ether oxygens (including phenoxy) is 2. The Morgan fingerprint density at radius 1 is 1.15 bits per heavy atom. The van der Waals surface area contributed by atoms with Crippen molar-refractivity contribution >= 4 is 21.9 Å². The Balaban J connectivity index is 1.29. The van der Waals surface area contributed by atoms with Gasteiger partial charge in [-0.15, -0.1) is 0 Å². The van der Waals surface area contributed by atoms with Crippen LogP contribution in [-0.4, -0.2) is 55.4 Å². The van der Waals surface area contributed by atoms with Crippen LogP contribution in [0.2, 0.25) is 0 Å². The quantitative estimate of drug-likeness (QED) is 0.639. The van der Waals surface area contributed by atoms with E-state index in [2.05, 4.69) is 10.3 Å². The SMILES string of the molecule is CC(OC(=O)C1CCN(S(=O)(=O)c2cccnc2)CC1)C(=O)NC1CCOc2ccccc21. The van der Waals surface area contributed by atoms with E-state index in [4.69, 9.17) is 9.47 Å². The molecule has 0 saturated carbocycles. The van der Waals surface area contributed by atoms with Crippen LogP contribution < -0.4 is 10.1 Å². The van der Waals surface area contributed by atoms with Crippen LogP contribution in [0.15, 0.2) is 53.7 Å². The molecule has 2 atom stereocenters. The Morgan fingerprint density at radius 3 is 2.64 bits per heavy atom. The van der Waals surface area contributed by atoms with Gasteiger partial charge in [0.15, 0.2) is 6.10 Å². The average Bonchev–Trinajstić information content (AvgIpc) is 2.84. The number of nitrogens with one attached hydrogen (secondary N) is 1. The standard InChI is InChI=1S/C23H27N3O6S/c1-16(22(27)25-20-10-14-31-21-7-3-2-6-19(20)21)32-23(28)17-8-12-26(13-9-17)33(29,30)18-5-4-11-24-15-18/h2-7,11,15-17,20H,8-10,12-14H2,1H3,(H,25,27). The maximum absolute atomic E-state index is 12.7. The number of fused-ring (bicyclic) bond motifs is 1. The Morgan fingerprint density at radius 2 is 1.91 bits per heavy atom. The number of esters is 1. The zero-order chi connectivity index (χ0) is 23.4. The van der Waals surface area contributed by atoms with E-state index in [1.165, 1.54) is 22.8 Å². The Bertz CT molecular complexity index is 1100. The number of carbonyl (C=O) groups is 2. The van der Waals surface area contributed by atoms with E-state index in [-0.39, 0.29) is 29.9 Å². The number of carbonyl (C=O) groups excluding carboxylic acids is 2. The molecule has 9 nitrogen and oxygen atoms in total. The smallest absolute Gasteiger partial charge is 0.309 e. The molecule has 176 valence electrons. The maximum atomic E-state index is 12.7. The van der Waals surface area contributed by atoms with Gasteiger partial charge in [0.1, 0.15) is 10.6 Å². The number of piperidine rings is 1. The highest BCUT2D eigenvalue weighted by Gasteiger charge is 2.34. The van der Waals surface area contributed by atoms with Crippen LogP contribution in [0.4, 0.5) is 0 Å². The van der Waals surface area contributed by atoms with Crippen molar-refractivity contribution < 1.29 is 27.5 Å². The fourth-order valence-electron chi connectivity index (χ4n) is 4.09. The zero-order valence-electron chi connectivity index (χ0n) is 18.3. The van der Waals surface area contributed by atoms with Crippen LogP contribution in [0, 0.1) is 5.92 Å². The number of aromatic nitrogens is 1. The molecule has 1 aromatic carbocycles. The monoisotopic (exact) mass is 473 g/mol. The summed E-state index contributed by atoms with van der Waals surface area (Å²) in [5.41, 5.74) is 0.901. The van der Waals surface area contributed by atoms with Gasteiger partial charge in [0.2, 0.25) is 10.0 Å². The van der Waals surface area contributed by atoms with Gasteiger partial charge >= 0.3 is 5.97 Å². The molecule has 1 saturated heterocycles. The highest BCUT2D eigenvalue weighted by atomic mass is 32.2. The summed E-state index contributed by atoms with van der Waals surface area (Å²) < 4.78 is 37.8. The van der Waals surface area contributed by atoms with E-state index in [1.54, 1.807) is 13.0 Å². The molecule has 0 spiro atoms. The molecule has 2 unspecified atom stereocenters. The Hall–Kier alpha value is -2.98. The third-order valence-electron chi connectivity index (χ3n) is 6.00. The van der Waals surface area contributed by atoms with Gasteiger partial charge in [-0.2, -0.15) is 4.31 Å². The minimum Gasteiger partial charge on any atom is -0.493 e. The molecule has 1 amide bonds. The maximum Gasteiger partial charge on any atom is 0.309 e. The third-order valence-corrected chi connectivity index (χ3v) is 7.88. The van der Waals surface area contributed by atoms with Gasteiger partial charge in [-0.25, -0.2) is 8.42 Å². The van der Waals surface area contributed by atoms with Crippen molar-refractivity contribution in [3.05, 3.63) is 54.4 Å². The van der Waals surface area contributed by atoms with Crippen molar-refractivity contribution in [3.63, 3.8) is 0 Å². The minimum atomic E-state index is -3.64. The van der Waals surface area contributed by atoms with Gasteiger partial charge in [-0.1, -0.05) is 18.2 Å². The van der Waals surface area contributed by atoms with E-state index in [1.807, 2.05) is 24.3 Å². The number of nitrogens with zero attached hydrogens (tertiary/aromatic N) is 2. The van der Waals surface area contributed by atoms with Gasteiger partial charge < -0.3 is 14.8 Å². The summed E-state index contributed by atoms with van der Waals surface area (Å²) in [4.78, 5) is 29.3. The van der Waals surface area contributed by atoms with Crippen molar-refractivity contribution in [2.75, 3.05) is 19.7 Å². The van der Waals surface area contributed by atoms with Gasteiger partial charge in [0.25, 0.3) is 5.91 Å².